The maximum Gasteiger partial charge on any atom is 0.309 e. The molecule has 3 heteroatoms. The molecule has 1 heterocycles. The smallest absolute Gasteiger partial charge is 0.309 e. The Bertz CT molecular complexity index is 209. The highest BCUT2D eigenvalue weighted by Gasteiger charge is 2.45. The van der Waals surface area contributed by atoms with Crippen LogP contribution in [0.15, 0.2) is 0 Å². The third-order valence-corrected chi connectivity index (χ3v) is 3.74. The van der Waals surface area contributed by atoms with E-state index in [0.717, 1.165) is 38.7 Å². The lowest BCUT2D eigenvalue weighted by atomic mass is 9.69. The summed E-state index contributed by atoms with van der Waals surface area (Å²) in [7, 11) is 0. The molecule has 2 unspecified atom stereocenters. The van der Waals surface area contributed by atoms with Crippen LogP contribution in [-0.2, 0) is 9.53 Å². The fourth-order valence-electron chi connectivity index (χ4n) is 2.56. The van der Waals surface area contributed by atoms with Gasteiger partial charge in [0, 0.05) is 12.5 Å². The Morgan fingerprint density at radius 1 is 1.53 bits per heavy atom. The number of carboxylic acids is 1. The van der Waals surface area contributed by atoms with E-state index >= 15 is 0 Å². The van der Waals surface area contributed by atoms with Gasteiger partial charge in [0.1, 0.15) is 0 Å². The van der Waals surface area contributed by atoms with Crippen LogP contribution in [-0.4, -0.2) is 24.3 Å². The van der Waals surface area contributed by atoms with Crippen LogP contribution in [0.4, 0.5) is 0 Å². The maximum atomic E-state index is 11.5. The number of carboxylic acid groups (broad SMARTS) is 1. The van der Waals surface area contributed by atoms with Crippen LogP contribution in [0, 0.1) is 11.3 Å². The highest BCUT2D eigenvalue weighted by molar-refractivity contribution is 5.75. The fourth-order valence-corrected chi connectivity index (χ4v) is 2.56. The van der Waals surface area contributed by atoms with Crippen molar-refractivity contribution in [1.82, 2.24) is 0 Å². The van der Waals surface area contributed by atoms with Crippen molar-refractivity contribution in [3.05, 3.63) is 0 Å². The molecule has 0 aliphatic carbocycles. The molecule has 0 saturated carbocycles. The molecule has 0 spiro atoms. The summed E-state index contributed by atoms with van der Waals surface area (Å²) in [5.41, 5.74) is -0.535. The molecular formula is C12H22O3. The van der Waals surface area contributed by atoms with Gasteiger partial charge in [0.2, 0.25) is 0 Å². The molecule has 0 aromatic heterocycles. The van der Waals surface area contributed by atoms with Gasteiger partial charge in [-0.25, -0.2) is 0 Å². The van der Waals surface area contributed by atoms with Crippen LogP contribution in [0.1, 0.15) is 46.0 Å². The normalized spacial score (nSPS) is 25.1. The van der Waals surface area contributed by atoms with E-state index in [2.05, 4.69) is 6.92 Å². The van der Waals surface area contributed by atoms with Crippen molar-refractivity contribution < 1.29 is 14.6 Å². The lowest BCUT2D eigenvalue weighted by Crippen LogP contribution is -2.38. The van der Waals surface area contributed by atoms with Gasteiger partial charge < -0.3 is 9.84 Å². The van der Waals surface area contributed by atoms with Gasteiger partial charge in [-0.3, -0.25) is 4.79 Å². The minimum atomic E-state index is -0.631. The van der Waals surface area contributed by atoms with Crippen LogP contribution in [0.25, 0.3) is 0 Å². The van der Waals surface area contributed by atoms with E-state index in [-0.39, 0.29) is 5.92 Å². The summed E-state index contributed by atoms with van der Waals surface area (Å²) in [4.78, 5) is 11.5. The summed E-state index contributed by atoms with van der Waals surface area (Å²) in [6, 6.07) is 0. The summed E-state index contributed by atoms with van der Waals surface area (Å²) in [5, 5.41) is 9.46. The number of unbranched alkanes of at least 4 members (excludes halogenated alkanes) is 1. The van der Waals surface area contributed by atoms with E-state index in [1.54, 1.807) is 0 Å². The van der Waals surface area contributed by atoms with E-state index in [4.69, 9.17) is 4.74 Å². The van der Waals surface area contributed by atoms with Gasteiger partial charge in [-0.1, -0.05) is 26.7 Å². The Morgan fingerprint density at radius 3 is 2.67 bits per heavy atom. The Morgan fingerprint density at radius 2 is 2.27 bits per heavy atom. The lowest BCUT2D eigenvalue weighted by molar-refractivity contribution is -0.154. The minimum Gasteiger partial charge on any atom is -0.481 e. The Hall–Kier alpha value is -0.570. The largest absolute Gasteiger partial charge is 0.481 e. The maximum absolute atomic E-state index is 11.5. The second-order valence-electron chi connectivity index (χ2n) is 4.48. The molecular weight excluding hydrogens is 192 g/mol. The molecule has 15 heavy (non-hydrogen) atoms. The van der Waals surface area contributed by atoms with E-state index in [1.165, 1.54) is 0 Å². The van der Waals surface area contributed by atoms with Crippen molar-refractivity contribution >= 4 is 5.97 Å². The first-order valence-corrected chi connectivity index (χ1v) is 5.98. The van der Waals surface area contributed by atoms with Crippen molar-refractivity contribution in [3.63, 3.8) is 0 Å². The number of ether oxygens (including phenoxy) is 1. The number of hydrogen-bond acceptors (Lipinski definition) is 2. The van der Waals surface area contributed by atoms with E-state index in [9.17, 15) is 9.90 Å². The fraction of sp³-hybridized carbons (Fsp3) is 0.917. The molecule has 1 aliphatic rings. The second kappa shape index (κ2) is 5.50. The van der Waals surface area contributed by atoms with Crippen LogP contribution in [0.5, 0.6) is 0 Å². The lowest BCUT2D eigenvalue weighted by Gasteiger charge is -2.33. The van der Waals surface area contributed by atoms with Gasteiger partial charge >= 0.3 is 5.97 Å². The van der Waals surface area contributed by atoms with Crippen molar-refractivity contribution in [2.45, 2.75) is 46.0 Å². The highest BCUT2D eigenvalue weighted by Crippen LogP contribution is 2.41. The third kappa shape index (κ3) is 2.51. The quantitative estimate of drug-likeness (QED) is 0.739. The predicted molar refractivity (Wildman–Crippen MR) is 58.8 cm³/mol. The minimum absolute atomic E-state index is 0.214. The molecule has 1 rings (SSSR count). The first kappa shape index (κ1) is 12.5. The molecule has 88 valence electrons. The van der Waals surface area contributed by atoms with Crippen LogP contribution in [0.3, 0.4) is 0 Å². The van der Waals surface area contributed by atoms with Gasteiger partial charge in [0.05, 0.1) is 12.0 Å². The van der Waals surface area contributed by atoms with Crippen molar-refractivity contribution in [2.24, 2.45) is 11.3 Å². The zero-order valence-corrected chi connectivity index (χ0v) is 9.79. The SMILES string of the molecule is CCCCC(CC)(C(=O)O)C1CCOC1. The van der Waals surface area contributed by atoms with Gasteiger partial charge in [-0.05, 0) is 19.3 Å². The zero-order valence-electron chi connectivity index (χ0n) is 9.79. The molecule has 0 aromatic carbocycles. The second-order valence-corrected chi connectivity index (χ2v) is 4.48. The van der Waals surface area contributed by atoms with Crippen molar-refractivity contribution in [3.8, 4) is 0 Å². The Balaban J connectivity index is 2.76. The van der Waals surface area contributed by atoms with Gasteiger partial charge in [0.15, 0.2) is 0 Å². The molecule has 1 N–H and O–H groups in total. The first-order chi connectivity index (χ1) is 7.17. The van der Waals surface area contributed by atoms with Crippen LogP contribution in [0.2, 0.25) is 0 Å². The highest BCUT2D eigenvalue weighted by atomic mass is 16.5. The van der Waals surface area contributed by atoms with Crippen molar-refractivity contribution in [1.29, 1.82) is 0 Å². The van der Waals surface area contributed by atoms with E-state index in [1.807, 2.05) is 6.92 Å². The number of aliphatic carboxylic acids is 1. The summed E-state index contributed by atoms with van der Waals surface area (Å²) < 4.78 is 5.33. The summed E-state index contributed by atoms with van der Waals surface area (Å²) in [6.45, 7) is 5.45. The number of hydrogen-bond donors (Lipinski definition) is 1. The molecule has 1 fully saturated rings. The third-order valence-electron chi connectivity index (χ3n) is 3.74. The molecule has 2 atom stereocenters. The summed E-state index contributed by atoms with van der Waals surface area (Å²) >= 11 is 0. The molecule has 0 radical (unpaired) electrons. The number of carbonyl (C=O) groups is 1. The molecule has 0 bridgehead atoms. The Labute approximate surface area is 91.8 Å². The summed E-state index contributed by atoms with van der Waals surface area (Å²) in [5.74, 6) is -0.416. The van der Waals surface area contributed by atoms with Gasteiger partial charge in [0.25, 0.3) is 0 Å². The average Bonchev–Trinajstić information content (AvgIpc) is 2.73. The topological polar surface area (TPSA) is 46.5 Å². The molecule has 3 nitrogen and oxygen atoms in total. The monoisotopic (exact) mass is 214 g/mol. The standard InChI is InChI=1S/C12H22O3/c1-3-5-7-12(4-2,11(13)14)10-6-8-15-9-10/h10H,3-9H2,1-2H3,(H,13,14). The van der Waals surface area contributed by atoms with Gasteiger partial charge in [-0.15, -0.1) is 0 Å². The predicted octanol–water partition coefficient (Wildman–Crippen LogP) is 2.69. The van der Waals surface area contributed by atoms with Gasteiger partial charge in [-0.2, -0.15) is 0 Å². The van der Waals surface area contributed by atoms with Crippen molar-refractivity contribution in [2.75, 3.05) is 13.2 Å². The van der Waals surface area contributed by atoms with E-state index in [0.29, 0.717) is 6.61 Å². The molecule has 0 aromatic rings. The van der Waals surface area contributed by atoms with Crippen LogP contribution >= 0.6 is 0 Å². The molecule has 0 amide bonds. The molecule has 1 saturated heterocycles. The van der Waals surface area contributed by atoms with Crippen LogP contribution < -0.4 is 0 Å². The summed E-state index contributed by atoms with van der Waals surface area (Å²) in [6.07, 6.45) is 4.48. The Kier molecular flexibility index (Phi) is 4.58. The zero-order chi connectivity index (χ0) is 11.3. The van der Waals surface area contributed by atoms with E-state index < -0.39 is 11.4 Å². The number of rotatable bonds is 6. The molecule has 1 aliphatic heterocycles. The first-order valence-electron chi connectivity index (χ1n) is 5.98. The average molecular weight is 214 g/mol.